The first-order chi connectivity index (χ1) is 9.63. The summed E-state index contributed by atoms with van der Waals surface area (Å²) in [5.41, 5.74) is 1.93. The SMILES string of the molecule is COC(=O)c1ccccc1NCc1c(Cl)cccc1Cl. The van der Waals surface area contributed by atoms with Gasteiger partial charge < -0.3 is 10.1 Å². The number of nitrogens with one attached hydrogen (secondary N) is 1. The summed E-state index contributed by atoms with van der Waals surface area (Å²) in [5.74, 6) is -0.390. The molecule has 0 spiro atoms. The summed E-state index contributed by atoms with van der Waals surface area (Å²) in [7, 11) is 1.35. The van der Waals surface area contributed by atoms with Crippen LogP contribution in [0, 0.1) is 0 Å². The van der Waals surface area contributed by atoms with Crippen LogP contribution < -0.4 is 5.32 Å². The Morgan fingerprint density at radius 3 is 2.40 bits per heavy atom. The number of hydrogen-bond donors (Lipinski definition) is 1. The van der Waals surface area contributed by atoms with Crippen LogP contribution >= 0.6 is 23.2 Å². The Labute approximate surface area is 127 Å². The number of carbonyl (C=O) groups is 1. The molecule has 0 heterocycles. The van der Waals surface area contributed by atoms with E-state index in [0.29, 0.717) is 27.8 Å². The highest BCUT2D eigenvalue weighted by atomic mass is 35.5. The molecule has 0 saturated carbocycles. The molecule has 0 aliphatic rings. The topological polar surface area (TPSA) is 38.3 Å². The zero-order valence-corrected chi connectivity index (χ0v) is 12.3. The first kappa shape index (κ1) is 14.7. The van der Waals surface area contributed by atoms with Crippen LogP contribution in [-0.4, -0.2) is 13.1 Å². The first-order valence-electron chi connectivity index (χ1n) is 5.97. The van der Waals surface area contributed by atoms with Crippen LogP contribution in [0.2, 0.25) is 10.0 Å². The molecule has 104 valence electrons. The van der Waals surface area contributed by atoms with Gasteiger partial charge in [-0.1, -0.05) is 41.4 Å². The molecule has 0 amide bonds. The van der Waals surface area contributed by atoms with Crippen molar-refractivity contribution in [3.63, 3.8) is 0 Å². The summed E-state index contributed by atoms with van der Waals surface area (Å²) in [6.07, 6.45) is 0. The van der Waals surface area contributed by atoms with Crippen molar-refractivity contribution >= 4 is 34.9 Å². The van der Waals surface area contributed by atoms with E-state index in [2.05, 4.69) is 5.32 Å². The molecule has 0 bridgehead atoms. The van der Waals surface area contributed by atoms with E-state index >= 15 is 0 Å². The Hall–Kier alpha value is -1.71. The number of benzene rings is 2. The Bertz CT molecular complexity index is 609. The van der Waals surface area contributed by atoms with Crippen molar-refractivity contribution in [3.05, 3.63) is 63.6 Å². The van der Waals surface area contributed by atoms with Gasteiger partial charge in [0.1, 0.15) is 0 Å². The summed E-state index contributed by atoms with van der Waals surface area (Å²) in [6.45, 7) is 0.423. The number of para-hydroxylation sites is 1. The monoisotopic (exact) mass is 309 g/mol. The average molecular weight is 310 g/mol. The van der Waals surface area contributed by atoms with Crippen molar-refractivity contribution in [2.75, 3.05) is 12.4 Å². The zero-order chi connectivity index (χ0) is 14.5. The van der Waals surface area contributed by atoms with Gasteiger partial charge in [0.25, 0.3) is 0 Å². The third-order valence-corrected chi connectivity index (χ3v) is 3.56. The molecule has 0 atom stereocenters. The summed E-state index contributed by atoms with van der Waals surface area (Å²) in [4.78, 5) is 11.7. The van der Waals surface area contributed by atoms with Gasteiger partial charge in [0.05, 0.1) is 12.7 Å². The number of methoxy groups -OCH3 is 1. The minimum Gasteiger partial charge on any atom is -0.465 e. The van der Waals surface area contributed by atoms with E-state index in [-0.39, 0.29) is 0 Å². The quantitative estimate of drug-likeness (QED) is 0.851. The van der Waals surface area contributed by atoms with Gasteiger partial charge in [0.15, 0.2) is 0 Å². The molecule has 0 fully saturated rings. The van der Waals surface area contributed by atoms with E-state index < -0.39 is 5.97 Å². The maximum atomic E-state index is 11.7. The van der Waals surface area contributed by atoms with Crippen LogP contribution in [0.3, 0.4) is 0 Å². The highest BCUT2D eigenvalue weighted by Gasteiger charge is 2.12. The minimum absolute atomic E-state index is 0.390. The molecule has 1 N–H and O–H groups in total. The Morgan fingerprint density at radius 1 is 1.10 bits per heavy atom. The van der Waals surface area contributed by atoms with Crippen molar-refractivity contribution in [3.8, 4) is 0 Å². The summed E-state index contributed by atoms with van der Waals surface area (Å²) in [6, 6.07) is 12.5. The van der Waals surface area contributed by atoms with Crippen molar-refractivity contribution < 1.29 is 9.53 Å². The fourth-order valence-electron chi connectivity index (χ4n) is 1.81. The fourth-order valence-corrected chi connectivity index (χ4v) is 2.34. The van der Waals surface area contributed by atoms with Gasteiger partial charge in [-0.25, -0.2) is 4.79 Å². The largest absolute Gasteiger partial charge is 0.465 e. The fraction of sp³-hybridized carbons (Fsp3) is 0.133. The number of anilines is 1. The Kier molecular flexibility index (Phi) is 4.88. The molecule has 0 unspecified atom stereocenters. The van der Waals surface area contributed by atoms with Crippen LogP contribution in [0.1, 0.15) is 15.9 Å². The van der Waals surface area contributed by atoms with E-state index in [0.717, 1.165) is 5.56 Å². The predicted molar refractivity (Wildman–Crippen MR) is 81.6 cm³/mol. The normalized spacial score (nSPS) is 10.2. The average Bonchev–Trinajstić information content (AvgIpc) is 2.46. The number of esters is 1. The predicted octanol–water partition coefficient (Wildman–Crippen LogP) is 4.39. The van der Waals surface area contributed by atoms with Crippen molar-refractivity contribution in [2.24, 2.45) is 0 Å². The molecule has 0 saturated heterocycles. The van der Waals surface area contributed by atoms with E-state index in [1.807, 2.05) is 6.07 Å². The number of halogens is 2. The van der Waals surface area contributed by atoms with Gasteiger partial charge in [0.2, 0.25) is 0 Å². The molecular weight excluding hydrogens is 297 g/mol. The second kappa shape index (κ2) is 6.64. The maximum Gasteiger partial charge on any atom is 0.339 e. The van der Waals surface area contributed by atoms with Crippen LogP contribution in [0.4, 0.5) is 5.69 Å². The smallest absolute Gasteiger partial charge is 0.339 e. The van der Waals surface area contributed by atoms with Gasteiger partial charge in [-0.2, -0.15) is 0 Å². The lowest BCUT2D eigenvalue weighted by Gasteiger charge is -2.12. The zero-order valence-electron chi connectivity index (χ0n) is 10.8. The van der Waals surface area contributed by atoms with Crippen LogP contribution in [0.5, 0.6) is 0 Å². The molecule has 20 heavy (non-hydrogen) atoms. The van der Waals surface area contributed by atoms with Crippen LogP contribution in [0.25, 0.3) is 0 Å². The van der Waals surface area contributed by atoms with Gasteiger partial charge >= 0.3 is 5.97 Å². The molecule has 2 aromatic carbocycles. The highest BCUT2D eigenvalue weighted by Crippen LogP contribution is 2.26. The van der Waals surface area contributed by atoms with Crippen LogP contribution in [0.15, 0.2) is 42.5 Å². The molecule has 0 aromatic heterocycles. The van der Waals surface area contributed by atoms with Crippen LogP contribution in [-0.2, 0) is 11.3 Å². The van der Waals surface area contributed by atoms with Crippen molar-refractivity contribution in [1.82, 2.24) is 0 Å². The molecule has 0 aliphatic carbocycles. The third kappa shape index (κ3) is 3.24. The number of hydrogen-bond acceptors (Lipinski definition) is 3. The van der Waals surface area contributed by atoms with E-state index in [1.54, 1.807) is 36.4 Å². The van der Waals surface area contributed by atoms with Gasteiger partial charge in [0, 0.05) is 27.8 Å². The minimum atomic E-state index is -0.390. The van der Waals surface area contributed by atoms with Gasteiger partial charge in [-0.3, -0.25) is 0 Å². The number of rotatable bonds is 4. The number of carbonyl (C=O) groups excluding carboxylic acids is 1. The van der Waals surface area contributed by atoms with E-state index in [4.69, 9.17) is 27.9 Å². The third-order valence-electron chi connectivity index (χ3n) is 2.85. The first-order valence-corrected chi connectivity index (χ1v) is 6.73. The number of ether oxygens (including phenoxy) is 1. The van der Waals surface area contributed by atoms with Gasteiger partial charge in [-0.05, 0) is 24.3 Å². The molecule has 5 heteroatoms. The second-order valence-electron chi connectivity index (χ2n) is 4.09. The van der Waals surface area contributed by atoms with E-state index in [9.17, 15) is 4.79 Å². The Morgan fingerprint density at radius 2 is 1.75 bits per heavy atom. The van der Waals surface area contributed by atoms with Crippen molar-refractivity contribution in [1.29, 1.82) is 0 Å². The lowest BCUT2D eigenvalue weighted by molar-refractivity contribution is 0.0602. The van der Waals surface area contributed by atoms with E-state index in [1.165, 1.54) is 7.11 Å². The second-order valence-corrected chi connectivity index (χ2v) is 4.91. The summed E-state index contributed by atoms with van der Waals surface area (Å²) < 4.78 is 4.75. The van der Waals surface area contributed by atoms with Gasteiger partial charge in [-0.15, -0.1) is 0 Å². The lowest BCUT2D eigenvalue weighted by atomic mass is 10.1. The summed E-state index contributed by atoms with van der Waals surface area (Å²) >= 11 is 12.2. The molecule has 0 radical (unpaired) electrons. The Balaban J connectivity index is 2.21. The maximum absolute atomic E-state index is 11.7. The standard InChI is InChI=1S/C15H13Cl2NO2/c1-20-15(19)10-5-2-3-8-14(10)18-9-11-12(16)6-4-7-13(11)17/h2-8,18H,9H2,1H3. The molecule has 2 rings (SSSR count). The summed E-state index contributed by atoms with van der Waals surface area (Å²) in [5, 5.41) is 4.32. The molecular formula is C15H13Cl2NO2. The molecule has 3 nitrogen and oxygen atoms in total. The lowest BCUT2D eigenvalue weighted by Crippen LogP contribution is -2.08. The molecule has 0 aliphatic heterocycles. The van der Waals surface area contributed by atoms with Crippen molar-refractivity contribution in [2.45, 2.75) is 6.54 Å². The highest BCUT2D eigenvalue weighted by molar-refractivity contribution is 6.36. The molecule has 2 aromatic rings.